The van der Waals surface area contributed by atoms with Crippen molar-refractivity contribution in [3.05, 3.63) is 11.7 Å². The number of aryl methyl sites for hydroxylation is 1. The molecule has 6 nitrogen and oxygen atoms in total. The van der Waals surface area contributed by atoms with Gasteiger partial charge in [-0.3, -0.25) is 9.69 Å². The molecule has 106 valence electrons. The van der Waals surface area contributed by atoms with E-state index in [0.717, 1.165) is 19.4 Å². The number of rotatable bonds is 3. The summed E-state index contributed by atoms with van der Waals surface area (Å²) in [5.41, 5.74) is -0.452. The van der Waals surface area contributed by atoms with Crippen LogP contribution in [0, 0.1) is 6.92 Å². The lowest BCUT2D eigenvalue weighted by atomic mass is 10.1. The highest BCUT2D eigenvalue weighted by Gasteiger charge is 2.34. The second-order valence-electron chi connectivity index (χ2n) is 5.90. The van der Waals surface area contributed by atoms with Gasteiger partial charge in [-0.05, 0) is 47.1 Å². The van der Waals surface area contributed by atoms with Gasteiger partial charge in [0.15, 0.2) is 5.82 Å². The Bertz CT molecular complexity index is 450. The van der Waals surface area contributed by atoms with Crippen molar-refractivity contribution in [3.63, 3.8) is 0 Å². The molecule has 0 spiro atoms. The van der Waals surface area contributed by atoms with Crippen molar-refractivity contribution in [2.45, 2.75) is 58.7 Å². The van der Waals surface area contributed by atoms with Crippen molar-refractivity contribution in [2.24, 2.45) is 0 Å². The molecule has 6 heteroatoms. The second kappa shape index (κ2) is 5.28. The average Bonchev–Trinajstić information content (AvgIpc) is 2.86. The van der Waals surface area contributed by atoms with E-state index in [1.54, 1.807) is 6.92 Å². The third-order valence-corrected chi connectivity index (χ3v) is 2.95. The highest BCUT2D eigenvalue weighted by Crippen LogP contribution is 2.22. The zero-order valence-corrected chi connectivity index (χ0v) is 12.0. The molecule has 1 aromatic rings. The molecule has 0 N–H and O–H groups in total. The maximum atomic E-state index is 12.1. The Morgan fingerprint density at radius 2 is 2.26 bits per heavy atom. The maximum absolute atomic E-state index is 12.1. The zero-order chi connectivity index (χ0) is 14.0. The Morgan fingerprint density at radius 1 is 1.53 bits per heavy atom. The molecule has 1 aromatic heterocycles. The van der Waals surface area contributed by atoms with Crippen LogP contribution in [0.4, 0.5) is 0 Å². The van der Waals surface area contributed by atoms with Gasteiger partial charge < -0.3 is 9.26 Å². The molecule has 1 fully saturated rings. The normalized spacial score (nSPS) is 20.7. The van der Waals surface area contributed by atoms with Crippen LogP contribution >= 0.6 is 0 Å². The van der Waals surface area contributed by atoms with E-state index in [9.17, 15) is 4.79 Å². The van der Waals surface area contributed by atoms with Gasteiger partial charge in [0.25, 0.3) is 0 Å². The van der Waals surface area contributed by atoms with Gasteiger partial charge in [-0.15, -0.1) is 0 Å². The van der Waals surface area contributed by atoms with E-state index < -0.39 is 5.60 Å². The fourth-order valence-corrected chi connectivity index (χ4v) is 2.23. The molecule has 1 aliphatic rings. The van der Waals surface area contributed by atoms with Gasteiger partial charge in [0.2, 0.25) is 5.89 Å². The molecule has 0 bridgehead atoms. The Kier molecular flexibility index (Phi) is 3.89. The lowest BCUT2D eigenvalue weighted by Crippen LogP contribution is -2.40. The third kappa shape index (κ3) is 3.76. The van der Waals surface area contributed by atoms with Gasteiger partial charge in [0.1, 0.15) is 11.6 Å². The monoisotopic (exact) mass is 267 g/mol. The van der Waals surface area contributed by atoms with Gasteiger partial charge in [-0.2, -0.15) is 4.98 Å². The maximum Gasteiger partial charge on any atom is 0.323 e. The molecule has 0 saturated carbocycles. The number of esters is 1. The summed E-state index contributed by atoms with van der Waals surface area (Å²) >= 11 is 0. The van der Waals surface area contributed by atoms with Crippen LogP contribution in [0.3, 0.4) is 0 Å². The first-order valence-corrected chi connectivity index (χ1v) is 6.61. The molecule has 19 heavy (non-hydrogen) atoms. The molecule has 0 radical (unpaired) electrons. The largest absolute Gasteiger partial charge is 0.459 e. The quantitative estimate of drug-likeness (QED) is 0.776. The minimum absolute atomic E-state index is 0.166. The van der Waals surface area contributed by atoms with E-state index in [0.29, 0.717) is 18.3 Å². The fraction of sp³-hybridized carbons (Fsp3) is 0.769. The molecule has 1 atom stereocenters. The number of likely N-dealkylation sites (tertiary alicyclic amines) is 1. The molecule has 1 aliphatic heterocycles. The number of hydrogen-bond acceptors (Lipinski definition) is 6. The van der Waals surface area contributed by atoms with E-state index in [1.165, 1.54) is 0 Å². The van der Waals surface area contributed by atoms with Gasteiger partial charge in [-0.1, -0.05) is 5.16 Å². The lowest BCUT2D eigenvalue weighted by molar-refractivity contribution is -0.160. The van der Waals surface area contributed by atoms with Crippen molar-refractivity contribution < 1.29 is 14.1 Å². The predicted molar refractivity (Wildman–Crippen MR) is 68.3 cm³/mol. The van der Waals surface area contributed by atoms with Crippen LogP contribution in [0.15, 0.2) is 4.52 Å². The molecule has 2 rings (SSSR count). The molecular formula is C13H21N3O3. The first-order chi connectivity index (χ1) is 8.85. The minimum atomic E-state index is -0.452. The molecule has 1 saturated heterocycles. The Morgan fingerprint density at radius 3 is 2.84 bits per heavy atom. The summed E-state index contributed by atoms with van der Waals surface area (Å²) in [6.45, 7) is 8.78. The van der Waals surface area contributed by atoms with E-state index in [4.69, 9.17) is 9.26 Å². The summed E-state index contributed by atoms with van der Waals surface area (Å²) < 4.78 is 10.5. The second-order valence-corrected chi connectivity index (χ2v) is 5.90. The molecule has 0 aliphatic carbocycles. The molecular weight excluding hydrogens is 246 g/mol. The molecule has 2 heterocycles. The topological polar surface area (TPSA) is 68.5 Å². The summed E-state index contributed by atoms with van der Waals surface area (Å²) in [7, 11) is 0. The van der Waals surface area contributed by atoms with E-state index in [1.807, 2.05) is 25.7 Å². The molecule has 0 unspecified atom stereocenters. The number of nitrogens with zero attached hydrogens (tertiary/aromatic N) is 3. The van der Waals surface area contributed by atoms with Crippen LogP contribution in [0.1, 0.15) is 45.3 Å². The third-order valence-electron chi connectivity index (χ3n) is 2.95. The highest BCUT2D eigenvalue weighted by molar-refractivity contribution is 5.76. The lowest BCUT2D eigenvalue weighted by Gasteiger charge is -2.26. The average molecular weight is 267 g/mol. The number of aromatic nitrogens is 2. The Labute approximate surface area is 113 Å². The van der Waals surface area contributed by atoms with Crippen molar-refractivity contribution in [3.8, 4) is 0 Å². The van der Waals surface area contributed by atoms with Crippen LogP contribution in [-0.2, 0) is 16.1 Å². The van der Waals surface area contributed by atoms with Gasteiger partial charge in [-0.25, -0.2) is 0 Å². The van der Waals surface area contributed by atoms with Crippen molar-refractivity contribution >= 4 is 5.97 Å². The van der Waals surface area contributed by atoms with Crippen molar-refractivity contribution in [1.29, 1.82) is 0 Å². The molecule has 0 aromatic carbocycles. The predicted octanol–water partition coefficient (Wildman–Crippen LogP) is 1.68. The number of carbonyl (C=O) groups is 1. The summed E-state index contributed by atoms with van der Waals surface area (Å²) in [6.07, 6.45) is 1.80. The van der Waals surface area contributed by atoms with Crippen molar-refractivity contribution in [2.75, 3.05) is 6.54 Å². The van der Waals surface area contributed by atoms with Crippen LogP contribution in [0.2, 0.25) is 0 Å². The smallest absolute Gasteiger partial charge is 0.323 e. The Hall–Kier alpha value is -1.43. The zero-order valence-electron chi connectivity index (χ0n) is 12.0. The van der Waals surface area contributed by atoms with E-state index in [-0.39, 0.29) is 12.0 Å². The number of hydrogen-bond donors (Lipinski definition) is 0. The van der Waals surface area contributed by atoms with Crippen LogP contribution < -0.4 is 0 Å². The number of carbonyl (C=O) groups excluding carboxylic acids is 1. The van der Waals surface area contributed by atoms with Gasteiger partial charge in [0.05, 0.1) is 6.54 Å². The van der Waals surface area contributed by atoms with Crippen LogP contribution in [0.25, 0.3) is 0 Å². The van der Waals surface area contributed by atoms with E-state index >= 15 is 0 Å². The summed E-state index contributed by atoms with van der Waals surface area (Å²) in [4.78, 5) is 18.3. The minimum Gasteiger partial charge on any atom is -0.459 e. The van der Waals surface area contributed by atoms with E-state index in [2.05, 4.69) is 10.1 Å². The SMILES string of the molecule is Cc1noc(CN2CCC[C@H]2C(=O)OC(C)(C)C)n1. The Balaban J connectivity index is 1.98. The van der Waals surface area contributed by atoms with Crippen LogP contribution in [-0.4, -0.2) is 39.2 Å². The van der Waals surface area contributed by atoms with Crippen LogP contribution in [0.5, 0.6) is 0 Å². The fourth-order valence-electron chi connectivity index (χ4n) is 2.23. The van der Waals surface area contributed by atoms with Crippen molar-refractivity contribution in [1.82, 2.24) is 15.0 Å². The first kappa shape index (κ1) is 14.0. The summed E-state index contributed by atoms with van der Waals surface area (Å²) in [5.74, 6) is 0.997. The first-order valence-electron chi connectivity index (χ1n) is 6.61. The number of ether oxygens (including phenoxy) is 1. The van der Waals surface area contributed by atoms with Gasteiger partial charge in [0, 0.05) is 0 Å². The highest BCUT2D eigenvalue weighted by atomic mass is 16.6. The summed E-state index contributed by atoms with van der Waals surface area (Å²) in [6, 6.07) is -0.202. The standard InChI is InChI=1S/C13H21N3O3/c1-9-14-11(19-15-9)8-16-7-5-6-10(16)12(17)18-13(2,3)4/h10H,5-8H2,1-4H3/t10-/m0/s1. The molecule has 0 amide bonds. The summed E-state index contributed by atoms with van der Waals surface area (Å²) in [5, 5.41) is 3.76. The van der Waals surface area contributed by atoms with Gasteiger partial charge >= 0.3 is 5.97 Å².